The van der Waals surface area contributed by atoms with Crippen molar-refractivity contribution in [3.63, 3.8) is 0 Å². The summed E-state index contributed by atoms with van der Waals surface area (Å²) in [5.41, 5.74) is 0.526. The Labute approximate surface area is 86.4 Å². The average molecular weight is 199 g/mol. The fraction of sp³-hybridized carbons (Fsp3) is 1.00. The first kappa shape index (κ1) is 10.4. The summed E-state index contributed by atoms with van der Waals surface area (Å²) in [7, 11) is 0. The molecule has 0 radical (unpaired) electrons. The minimum atomic E-state index is 0.360. The number of rotatable bonds is 4. The van der Waals surface area contributed by atoms with Crippen molar-refractivity contribution in [3.8, 4) is 0 Å². The highest BCUT2D eigenvalue weighted by Crippen LogP contribution is 2.37. The quantitative estimate of drug-likeness (QED) is 0.677. The first-order chi connectivity index (χ1) is 6.70. The number of hydrogen-bond acceptors (Lipinski definition) is 3. The van der Waals surface area contributed by atoms with Crippen molar-refractivity contribution in [3.05, 3.63) is 0 Å². The van der Waals surface area contributed by atoms with Crippen LogP contribution in [0.2, 0.25) is 0 Å². The van der Waals surface area contributed by atoms with E-state index >= 15 is 0 Å². The molecule has 0 saturated carbocycles. The molecular weight excluding hydrogens is 178 g/mol. The Balaban J connectivity index is 1.64. The summed E-state index contributed by atoms with van der Waals surface area (Å²) in [4.78, 5) is 2.50. The second kappa shape index (κ2) is 4.17. The van der Waals surface area contributed by atoms with Crippen molar-refractivity contribution >= 4 is 0 Å². The van der Waals surface area contributed by atoms with E-state index in [1.54, 1.807) is 0 Å². The molecule has 2 fully saturated rings. The fourth-order valence-corrected chi connectivity index (χ4v) is 2.26. The smallest absolute Gasteiger partial charge is 0.0596 e. The number of hydrogen-bond donors (Lipinski definition) is 0. The van der Waals surface area contributed by atoms with Gasteiger partial charge in [0.1, 0.15) is 0 Å². The Morgan fingerprint density at radius 1 is 1.43 bits per heavy atom. The van der Waals surface area contributed by atoms with Gasteiger partial charge in [0.2, 0.25) is 0 Å². The lowest BCUT2D eigenvalue weighted by Crippen LogP contribution is -2.44. The molecule has 0 N–H and O–H groups in total. The summed E-state index contributed by atoms with van der Waals surface area (Å²) >= 11 is 0. The predicted molar refractivity (Wildman–Crippen MR) is 55.4 cm³/mol. The fourth-order valence-electron chi connectivity index (χ4n) is 2.26. The molecule has 82 valence electrons. The van der Waals surface area contributed by atoms with Crippen molar-refractivity contribution in [2.75, 3.05) is 39.5 Å². The van der Waals surface area contributed by atoms with E-state index in [4.69, 9.17) is 9.47 Å². The Bertz CT molecular complexity index is 190. The van der Waals surface area contributed by atoms with Gasteiger partial charge in [-0.3, -0.25) is 0 Å². The summed E-state index contributed by atoms with van der Waals surface area (Å²) in [6, 6.07) is 0. The van der Waals surface area contributed by atoms with Crippen LogP contribution in [0.3, 0.4) is 0 Å². The highest BCUT2D eigenvalue weighted by atomic mass is 16.5. The Hall–Kier alpha value is -0.120. The summed E-state index contributed by atoms with van der Waals surface area (Å²) in [6.45, 7) is 10.5. The van der Waals surface area contributed by atoms with Crippen molar-refractivity contribution in [2.24, 2.45) is 5.41 Å². The van der Waals surface area contributed by atoms with E-state index < -0.39 is 0 Å². The van der Waals surface area contributed by atoms with Gasteiger partial charge < -0.3 is 14.4 Å². The monoisotopic (exact) mass is 199 g/mol. The predicted octanol–water partition coefficient (Wildman–Crippen LogP) is 1.13. The van der Waals surface area contributed by atoms with Crippen molar-refractivity contribution in [1.29, 1.82) is 0 Å². The van der Waals surface area contributed by atoms with E-state index in [9.17, 15) is 0 Å². The molecule has 2 aliphatic heterocycles. The SMILES string of the molecule is CC(C)OCCN1CCC2(COC2)C1. The van der Waals surface area contributed by atoms with Crippen LogP contribution in [0.4, 0.5) is 0 Å². The summed E-state index contributed by atoms with van der Waals surface area (Å²) in [6.07, 6.45) is 1.67. The highest BCUT2D eigenvalue weighted by Gasteiger charge is 2.43. The molecule has 0 aromatic carbocycles. The van der Waals surface area contributed by atoms with E-state index in [-0.39, 0.29) is 0 Å². The van der Waals surface area contributed by atoms with Gasteiger partial charge >= 0.3 is 0 Å². The lowest BCUT2D eigenvalue weighted by atomic mass is 9.85. The van der Waals surface area contributed by atoms with Crippen LogP contribution in [0.15, 0.2) is 0 Å². The van der Waals surface area contributed by atoms with Crippen LogP contribution in [0.1, 0.15) is 20.3 Å². The number of ether oxygens (including phenoxy) is 2. The maximum absolute atomic E-state index is 5.55. The zero-order valence-electron chi connectivity index (χ0n) is 9.29. The molecule has 0 aromatic rings. The van der Waals surface area contributed by atoms with Gasteiger partial charge in [0.25, 0.3) is 0 Å². The molecule has 0 atom stereocenters. The van der Waals surface area contributed by atoms with E-state index in [0.29, 0.717) is 11.5 Å². The van der Waals surface area contributed by atoms with Gasteiger partial charge in [0, 0.05) is 18.5 Å². The molecule has 0 bridgehead atoms. The van der Waals surface area contributed by atoms with Crippen LogP contribution < -0.4 is 0 Å². The molecule has 2 aliphatic rings. The summed E-state index contributed by atoms with van der Waals surface area (Å²) in [5, 5.41) is 0. The third-order valence-electron chi connectivity index (χ3n) is 3.19. The topological polar surface area (TPSA) is 21.7 Å². The number of likely N-dealkylation sites (tertiary alicyclic amines) is 1. The van der Waals surface area contributed by atoms with Gasteiger partial charge in [0.05, 0.1) is 25.9 Å². The third-order valence-corrected chi connectivity index (χ3v) is 3.19. The standard InChI is InChI=1S/C11H21NO2/c1-10(2)14-6-5-12-4-3-11(7-12)8-13-9-11/h10H,3-9H2,1-2H3. The van der Waals surface area contributed by atoms with E-state index in [0.717, 1.165) is 26.4 Å². The molecule has 3 heteroatoms. The number of nitrogens with zero attached hydrogens (tertiary/aromatic N) is 1. The van der Waals surface area contributed by atoms with Crippen molar-refractivity contribution < 1.29 is 9.47 Å². The van der Waals surface area contributed by atoms with E-state index in [1.807, 2.05) is 0 Å². The van der Waals surface area contributed by atoms with Crippen LogP contribution in [-0.2, 0) is 9.47 Å². The van der Waals surface area contributed by atoms with Crippen LogP contribution in [0.25, 0.3) is 0 Å². The molecule has 1 spiro atoms. The first-order valence-electron chi connectivity index (χ1n) is 5.62. The molecule has 14 heavy (non-hydrogen) atoms. The van der Waals surface area contributed by atoms with Crippen LogP contribution in [0.5, 0.6) is 0 Å². The molecule has 3 nitrogen and oxygen atoms in total. The molecule has 0 unspecified atom stereocenters. The van der Waals surface area contributed by atoms with Crippen LogP contribution in [-0.4, -0.2) is 50.5 Å². The molecular formula is C11H21NO2. The minimum Gasteiger partial charge on any atom is -0.380 e. The maximum Gasteiger partial charge on any atom is 0.0596 e. The molecule has 0 aromatic heterocycles. The molecule has 0 aliphatic carbocycles. The van der Waals surface area contributed by atoms with E-state index in [2.05, 4.69) is 18.7 Å². The minimum absolute atomic E-state index is 0.360. The zero-order chi connectivity index (χ0) is 10.0. The normalized spacial score (nSPS) is 25.9. The Morgan fingerprint density at radius 2 is 2.21 bits per heavy atom. The van der Waals surface area contributed by atoms with Gasteiger partial charge in [-0.2, -0.15) is 0 Å². The molecule has 2 rings (SSSR count). The van der Waals surface area contributed by atoms with E-state index in [1.165, 1.54) is 19.5 Å². The average Bonchev–Trinajstić information content (AvgIpc) is 2.47. The third kappa shape index (κ3) is 2.27. The lowest BCUT2D eigenvalue weighted by molar-refractivity contribution is -0.105. The molecule has 2 saturated heterocycles. The largest absolute Gasteiger partial charge is 0.380 e. The van der Waals surface area contributed by atoms with Gasteiger partial charge in [-0.05, 0) is 26.8 Å². The van der Waals surface area contributed by atoms with Crippen LogP contribution >= 0.6 is 0 Å². The zero-order valence-corrected chi connectivity index (χ0v) is 9.29. The molecule has 0 amide bonds. The molecule has 2 heterocycles. The van der Waals surface area contributed by atoms with Gasteiger partial charge in [0.15, 0.2) is 0 Å². The summed E-state index contributed by atoms with van der Waals surface area (Å²) in [5.74, 6) is 0. The highest BCUT2D eigenvalue weighted by molar-refractivity contribution is 4.94. The van der Waals surface area contributed by atoms with Crippen molar-refractivity contribution in [2.45, 2.75) is 26.4 Å². The maximum atomic E-state index is 5.55. The Kier molecular flexibility index (Phi) is 3.10. The summed E-state index contributed by atoms with van der Waals surface area (Å²) < 4.78 is 10.8. The van der Waals surface area contributed by atoms with Gasteiger partial charge in [-0.1, -0.05) is 0 Å². The van der Waals surface area contributed by atoms with Crippen LogP contribution in [0, 0.1) is 5.41 Å². The lowest BCUT2D eigenvalue weighted by Gasteiger charge is -2.37. The van der Waals surface area contributed by atoms with Gasteiger partial charge in [-0.25, -0.2) is 0 Å². The van der Waals surface area contributed by atoms with Gasteiger partial charge in [-0.15, -0.1) is 0 Å². The second-order valence-corrected chi connectivity index (χ2v) is 4.94. The first-order valence-corrected chi connectivity index (χ1v) is 5.62. The Morgan fingerprint density at radius 3 is 2.71 bits per heavy atom. The van der Waals surface area contributed by atoms with Crippen molar-refractivity contribution in [1.82, 2.24) is 4.90 Å². The second-order valence-electron chi connectivity index (χ2n) is 4.94.